The fourth-order valence-corrected chi connectivity index (χ4v) is 2.90. The van der Waals surface area contributed by atoms with E-state index in [0.717, 1.165) is 30.8 Å². The second-order valence-electron chi connectivity index (χ2n) is 5.40. The van der Waals surface area contributed by atoms with Gasteiger partial charge in [-0.2, -0.15) is 0 Å². The minimum Gasteiger partial charge on any atom is -0.366 e. The van der Waals surface area contributed by atoms with Gasteiger partial charge in [0.1, 0.15) is 5.69 Å². The number of nitro benzene ring substituents is 1. The van der Waals surface area contributed by atoms with Crippen molar-refractivity contribution in [1.29, 1.82) is 0 Å². The van der Waals surface area contributed by atoms with Gasteiger partial charge >= 0.3 is 0 Å². The number of nitrogens with zero attached hydrogens (tertiary/aromatic N) is 2. The third kappa shape index (κ3) is 3.08. The molecule has 0 radical (unpaired) electrons. The van der Waals surface area contributed by atoms with E-state index in [0.29, 0.717) is 17.2 Å². The van der Waals surface area contributed by atoms with Gasteiger partial charge in [-0.1, -0.05) is 35.8 Å². The Morgan fingerprint density at radius 3 is 2.74 bits per heavy atom. The zero-order valence-electron chi connectivity index (χ0n) is 11.3. The maximum absolute atomic E-state index is 11.2. The molecule has 1 aromatic rings. The van der Waals surface area contributed by atoms with Crippen molar-refractivity contribution in [2.24, 2.45) is 11.8 Å². The zero-order chi connectivity index (χ0) is 14.0. The van der Waals surface area contributed by atoms with Gasteiger partial charge in [-0.05, 0) is 29.9 Å². The fourth-order valence-electron chi connectivity index (χ4n) is 2.55. The topological polar surface area (TPSA) is 46.4 Å². The third-order valence-corrected chi connectivity index (χ3v) is 4.71. The molecule has 0 amide bonds. The van der Waals surface area contributed by atoms with Gasteiger partial charge in [-0.25, -0.2) is 0 Å². The summed E-state index contributed by atoms with van der Waals surface area (Å²) in [7, 11) is 0. The second-order valence-corrected chi connectivity index (χ2v) is 5.96. The molecule has 0 aromatic heterocycles. The number of rotatable bonds is 3. The summed E-state index contributed by atoms with van der Waals surface area (Å²) in [4.78, 5) is 13.1. The van der Waals surface area contributed by atoms with Crippen LogP contribution in [-0.2, 0) is 5.33 Å². The Morgan fingerprint density at radius 2 is 2.16 bits per heavy atom. The van der Waals surface area contributed by atoms with Crippen LogP contribution in [0, 0.1) is 22.0 Å². The van der Waals surface area contributed by atoms with E-state index in [9.17, 15) is 10.1 Å². The highest BCUT2D eigenvalue weighted by atomic mass is 79.9. The van der Waals surface area contributed by atoms with Crippen LogP contribution in [0.5, 0.6) is 0 Å². The van der Waals surface area contributed by atoms with Crippen LogP contribution in [0.15, 0.2) is 18.2 Å². The van der Waals surface area contributed by atoms with Crippen molar-refractivity contribution < 1.29 is 4.92 Å². The molecule has 1 heterocycles. The highest BCUT2D eigenvalue weighted by Crippen LogP contribution is 2.34. The Morgan fingerprint density at radius 1 is 1.42 bits per heavy atom. The molecule has 0 aliphatic carbocycles. The number of anilines is 1. The summed E-state index contributed by atoms with van der Waals surface area (Å²) < 4.78 is 0. The number of alkyl halides is 1. The Balaban J connectivity index is 2.31. The quantitative estimate of drug-likeness (QED) is 0.479. The lowest BCUT2D eigenvalue weighted by Crippen LogP contribution is -2.38. The van der Waals surface area contributed by atoms with Crippen LogP contribution in [0.1, 0.15) is 25.8 Å². The zero-order valence-corrected chi connectivity index (χ0v) is 12.9. The van der Waals surface area contributed by atoms with Crippen molar-refractivity contribution in [3.05, 3.63) is 33.9 Å². The van der Waals surface area contributed by atoms with Crippen LogP contribution >= 0.6 is 15.9 Å². The first-order valence-electron chi connectivity index (χ1n) is 6.61. The standard InChI is InChI=1S/C14H19BrN2O2/c1-10-5-6-16(9-11(10)2)13-4-3-12(8-15)7-14(13)17(18)19/h3-4,7,10-11H,5-6,8-9H2,1-2H3. The predicted octanol–water partition coefficient (Wildman–Crippen LogP) is 3.97. The van der Waals surface area contributed by atoms with Crippen LogP contribution in [0.3, 0.4) is 0 Å². The van der Waals surface area contributed by atoms with Crippen molar-refractivity contribution in [2.75, 3.05) is 18.0 Å². The smallest absolute Gasteiger partial charge is 0.292 e. The molecule has 1 aromatic carbocycles. The first kappa shape index (κ1) is 14.3. The molecular formula is C14H19BrN2O2. The first-order chi connectivity index (χ1) is 9.02. The molecule has 2 unspecified atom stereocenters. The summed E-state index contributed by atoms with van der Waals surface area (Å²) >= 11 is 3.34. The van der Waals surface area contributed by atoms with Crippen molar-refractivity contribution in [3.8, 4) is 0 Å². The van der Waals surface area contributed by atoms with Crippen molar-refractivity contribution in [3.63, 3.8) is 0 Å². The van der Waals surface area contributed by atoms with Crippen LogP contribution in [0.2, 0.25) is 0 Å². The van der Waals surface area contributed by atoms with E-state index in [4.69, 9.17) is 0 Å². The lowest BCUT2D eigenvalue weighted by atomic mass is 9.88. The molecule has 19 heavy (non-hydrogen) atoms. The molecule has 2 rings (SSSR count). The Bertz CT molecular complexity index is 479. The second kappa shape index (κ2) is 5.90. The Hall–Kier alpha value is -1.10. The Labute approximate surface area is 122 Å². The number of nitro groups is 1. The summed E-state index contributed by atoms with van der Waals surface area (Å²) in [6, 6.07) is 5.52. The highest BCUT2D eigenvalue weighted by molar-refractivity contribution is 9.08. The van der Waals surface area contributed by atoms with Crippen molar-refractivity contribution >= 4 is 27.3 Å². The van der Waals surface area contributed by atoms with Crippen LogP contribution < -0.4 is 4.90 Å². The van der Waals surface area contributed by atoms with Crippen molar-refractivity contribution in [1.82, 2.24) is 0 Å². The van der Waals surface area contributed by atoms with E-state index >= 15 is 0 Å². The van der Waals surface area contributed by atoms with Gasteiger partial charge in [0, 0.05) is 24.5 Å². The summed E-state index contributed by atoms with van der Waals surface area (Å²) in [5.41, 5.74) is 1.92. The molecule has 1 aliphatic heterocycles. The lowest BCUT2D eigenvalue weighted by molar-refractivity contribution is -0.384. The average Bonchev–Trinajstić information content (AvgIpc) is 2.41. The van der Waals surface area contributed by atoms with E-state index in [1.165, 1.54) is 0 Å². The summed E-state index contributed by atoms with van der Waals surface area (Å²) in [5, 5.41) is 11.9. The molecule has 1 fully saturated rings. The van der Waals surface area contributed by atoms with Gasteiger partial charge in [-0.15, -0.1) is 0 Å². The van der Waals surface area contributed by atoms with E-state index in [2.05, 4.69) is 34.7 Å². The molecule has 2 atom stereocenters. The van der Waals surface area contributed by atoms with Gasteiger partial charge < -0.3 is 4.90 Å². The molecule has 4 nitrogen and oxygen atoms in total. The number of benzene rings is 1. The molecule has 0 spiro atoms. The SMILES string of the molecule is CC1CCN(c2ccc(CBr)cc2[N+](=O)[O-])CC1C. The van der Waals surface area contributed by atoms with Gasteiger partial charge in [-0.3, -0.25) is 10.1 Å². The van der Waals surface area contributed by atoms with E-state index in [1.807, 2.05) is 12.1 Å². The monoisotopic (exact) mass is 326 g/mol. The molecule has 0 saturated carbocycles. The third-order valence-electron chi connectivity index (χ3n) is 4.07. The minimum atomic E-state index is -0.274. The average molecular weight is 327 g/mol. The molecule has 0 N–H and O–H groups in total. The molecule has 104 valence electrons. The summed E-state index contributed by atoms with van der Waals surface area (Å²) in [6.07, 6.45) is 1.10. The predicted molar refractivity (Wildman–Crippen MR) is 80.9 cm³/mol. The van der Waals surface area contributed by atoms with E-state index < -0.39 is 0 Å². The van der Waals surface area contributed by atoms with E-state index in [1.54, 1.807) is 6.07 Å². The lowest BCUT2D eigenvalue weighted by Gasteiger charge is -2.36. The molecular weight excluding hydrogens is 308 g/mol. The first-order valence-corrected chi connectivity index (χ1v) is 7.73. The van der Waals surface area contributed by atoms with Gasteiger partial charge in [0.15, 0.2) is 0 Å². The maximum atomic E-state index is 11.2. The van der Waals surface area contributed by atoms with Gasteiger partial charge in [0.2, 0.25) is 0 Å². The van der Waals surface area contributed by atoms with Crippen molar-refractivity contribution in [2.45, 2.75) is 25.6 Å². The van der Waals surface area contributed by atoms with Gasteiger partial charge in [0.05, 0.1) is 4.92 Å². The highest BCUT2D eigenvalue weighted by Gasteiger charge is 2.27. The molecule has 1 saturated heterocycles. The number of hydrogen-bond donors (Lipinski definition) is 0. The maximum Gasteiger partial charge on any atom is 0.292 e. The van der Waals surface area contributed by atoms with Crippen LogP contribution in [-0.4, -0.2) is 18.0 Å². The number of hydrogen-bond acceptors (Lipinski definition) is 3. The normalized spacial score (nSPS) is 23.4. The Kier molecular flexibility index (Phi) is 4.45. The van der Waals surface area contributed by atoms with Crippen LogP contribution in [0.25, 0.3) is 0 Å². The fraction of sp³-hybridized carbons (Fsp3) is 0.571. The number of piperidine rings is 1. The minimum absolute atomic E-state index is 0.221. The molecule has 0 bridgehead atoms. The molecule has 1 aliphatic rings. The summed E-state index contributed by atoms with van der Waals surface area (Å²) in [6.45, 7) is 6.27. The number of halogens is 1. The van der Waals surface area contributed by atoms with Gasteiger partial charge in [0.25, 0.3) is 5.69 Å². The summed E-state index contributed by atoms with van der Waals surface area (Å²) in [5.74, 6) is 1.27. The van der Waals surface area contributed by atoms with Crippen LogP contribution in [0.4, 0.5) is 11.4 Å². The molecule has 5 heteroatoms. The van der Waals surface area contributed by atoms with E-state index in [-0.39, 0.29) is 10.6 Å². The largest absolute Gasteiger partial charge is 0.366 e.